The lowest BCUT2D eigenvalue weighted by Gasteiger charge is -2.29. The summed E-state index contributed by atoms with van der Waals surface area (Å²) in [5, 5.41) is 4.26. The average molecular weight is 503 g/mol. The van der Waals surface area contributed by atoms with Gasteiger partial charge in [0.15, 0.2) is 5.11 Å². The first-order valence-corrected chi connectivity index (χ1v) is 11.7. The van der Waals surface area contributed by atoms with Crippen molar-refractivity contribution in [3.05, 3.63) is 112 Å². The molecule has 4 nitrogen and oxygen atoms in total. The second-order valence-electron chi connectivity index (χ2n) is 8.00. The summed E-state index contributed by atoms with van der Waals surface area (Å²) in [5.41, 5.74) is 6.67. The molecule has 2 atom stereocenters. The smallest absolute Gasteiger partial charge is 0.174 e. The molecular formula is C26H23BrN4S. The summed E-state index contributed by atoms with van der Waals surface area (Å²) < 4.78 is 3.40. The predicted molar refractivity (Wildman–Crippen MR) is 137 cm³/mol. The van der Waals surface area contributed by atoms with Gasteiger partial charge in [0.05, 0.1) is 11.7 Å². The van der Waals surface area contributed by atoms with Crippen LogP contribution in [0.5, 0.6) is 0 Å². The molecule has 4 aromatic rings. The van der Waals surface area contributed by atoms with E-state index in [0.29, 0.717) is 5.11 Å². The molecule has 1 N–H and O–H groups in total. The Morgan fingerprint density at radius 1 is 0.906 bits per heavy atom. The Morgan fingerprint density at radius 3 is 2.41 bits per heavy atom. The molecule has 0 bridgehead atoms. The first-order valence-electron chi connectivity index (χ1n) is 10.5. The zero-order valence-electron chi connectivity index (χ0n) is 17.9. The molecule has 5 rings (SSSR count). The van der Waals surface area contributed by atoms with Gasteiger partial charge in [0.25, 0.3) is 0 Å². The van der Waals surface area contributed by atoms with Crippen molar-refractivity contribution in [3.63, 3.8) is 0 Å². The molecule has 3 heterocycles. The Hall–Kier alpha value is -2.96. The Labute approximate surface area is 202 Å². The van der Waals surface area contributed by atoms with Gasteiger partial charge in [0, 0.05) is 33.4 Å². The van der Waals surface area contributed by atoms with E-state index in [0.717, 1.165) is 27.2 Å². The maximum atomic E-state index is 5.89. The predicted octanol–water partition coefficient (Wildman–Crippen LogP) is 6.43. The number of hydrogen-bond acceptors (Lipinski definition) is 2. The second-order valence-corrected chi connectivity index (χ2v) is 9.24. The van der Waals surface area contributed by atoms with E-state index in [1.807, 2.05) is 24.4 Å². The standard InChI is InChI=1S/C26H23BrN4S/c1-17-16-20(12-13-21(17)27)31-25(24(29-26(31)32)22-10-6-7-15-28-22)23-14-11-18(2)30(23)19-8-4-3-5-9-19/h3-16,24-25H,1-2H3,(H,29,32)/t24-,25+/m0/s1. The molecule has 2 aromatic carbocycles. The van der Waals surface area contributed by atoms with Crippen LogP contribution in [0, 0.1) is 13.8 Å². The minimum atomic E-state index is -0.0792. The SMILES string of the molecule is Cc1cc(N2C(=S)N[C@@H](c3ccccn3)[C@H]2c2ccc(C)n2-c2ccccc2)ccc1Br. The highest BCUT2D eigenvalue weighted by atomic mass is 79.9. The summed E-state index contributed by atoms with van der Waals surface area (Å²) in [6.07, 6.45) is 1.84. The third-order valence-corrected chi connectivity index (χ3v) is 7.15. The summed E-state index contributed by atoms with van der Waals surface area (Å²) in [6, 6.07) is 27.1. The fourth-order valence-electron chi connectivity index (χ4n) is 4.43. The second kappa shape index (κ2) is 8.52. The number of nitrogens with one attached hydrogen (secondary N) is 1. The van der Waals surface area contributed by atoms with Gasteiger partial charge in [-0.1, -0.05) is 40.2 Å². The minimum absolute atomic E-state index is 0.0631. The third kappa shape index (κ3) is 3.63. The normalized spacial score (nSPS) is 18.1. The number of nitrogens with zero attached hydrogens (tertiary/aromatic N) is 3. The Morgan fingerprint density at radius 2 is 1.69 bits per heavy atom. The maximum Gasteiger partial charge on any atom is 0.174 e. The number of rotatable bonds is 4. The fraction of sp³-hybridized carbons (Fsp3) is 0.154. The summed E-state index contributed by atoms with van der Waals surface area (Å²) >= 11 is 9.51. The van der Waals surface area contributed by atoms with Crippen LogP contribution in [0.4, 0.5) is 5.69 Å². The van der Waals surface area contributed by atoms with Crippen LogP contribution in [0.25, 0.3) is 5.69 Å². The molecule has 0 radical (unpaired) electrons. The van der Waals surface area contributed by atoms with Gasteiger partial charge in [-0.3, -0.25) is 4.98 Å². The minimum Gasteiger partial charge on any atom is -0.351 e. The highest BCUT2D eigenvalue weighted by Crippen LogP contribution is 2.43. The van der Waals surface area contributed by atoms with Crippen LogP contribution in [0.2, 0.25) is 0 Å². The van der Waals surface area contributed by atoms with Crippen molar-refractivity contribution in [3.8, 4) is 5.69 Å². The van der Waals surface area contributed by atoms with E-state index in [1.54, 1.807) is 0 Å². The molecule has 160 valence electrons. The topological polar surface area (TPSA) is 33.1 Å². The van der Waals surface area contributed by atoms with Crippen molar-refractivity contribution in [2.24, 2.45) is 0 Å². The van der Waals surface area contributed by atoms with Gasteiger partial charge in [0.2, 0.25) is 0 Å². The molecule has 0 spiro atoms. The zero-order valence-corrected chi connectivity index (χ0v) is 20.3. The lowest BCUT2D eigenvalue weighted by atomic mass is 10.0. The monoisotopic (exact) mass is 502 g/mol. The van der Waals surface area contributed by atoms with Crippen LogP contribution in [-0.4, -0.2) is 14.7 Å². The maximum absolute atomic E-state index is 5.89. The van der Waals surface area contributed by atoms with Crippen LogP contribution in [0.3, 0.4) is 0 Å². The molecule has 1 aliphatic rings. The van der Waals surface area contributed by atoms with E-state index in [4.69, 9.17) is 12.2 Å². The van der Waals surface area contributed by atoms with E-state index in [9.17, 15) is 0 Å². The highest BCUT2D eigenvalue weighted by molar-refractivity contribution is 9.10. The van der Waals surface area contributed by atoms with E-state index in [2.05, 4.69) is 110 Å². The molecule has 1 fully saturated rings. The molecule has 1 saturated heterocycles. The number of pyridine rings is 1. The summed E-state index contributed by atoms with van der Waals surface area (Å²) in [6.45, 7) is 4.24. The first kappa shape index (κ1) is 20.9. The van der Waals surface area contributed by atoms with Gasteiger partial charge >= 0.3 is 0 Å². The van der Waals surface area contributed by atoms with Crippen LogP contribution >= 0.6 is 28.1 Å². The molecule has 0 unspecified atom stereocenters. The number of halogens is 1. The molecule has 0 aliphatic carbocycles. The van der Waals surface area contributed by atoms with Crippen molar-refractivity contribution in [2.75, 3.05) is 4.90 Å². The lowest BCUT2D eigenvalue weighted by Crippen LogP contribution is -2.30. The lowest BCUT2D eigenvalue weighted by molar-refractivity contribution is 0.548. The van der Waals surface area contributed by atoms with Crippen molar-refractivity contribution >= 4 is 38.9 Å². The number of anilines is 1. The molecule has 6 heteroatoms. The van der Waals surface area contributed by atoms with Crippen molar-refractivity contribution in [2.45, 2.75) is 25.9 Å². The first-order chi connectivity index (χ1) is 15.5. The average Bonchev–Trinajstić information content (AvgIpc) is 3.36. The van der Waals surface area contributed by atoms with Crippen LogP contribution in [-0.2, 0) is 0 Å². The van der Waals surface area contributed by atoms with Gasteiger partial charge in [-0.05, 0) is 86.2 Å². The van der Waals surface area contributed by atoms with Gasteiger partial charge in [-0.25, -0.2) is 0 Å². The van der Waals surface area contributed by atoms with Gasteiger partial charge in [-0.2, -0.15) is 0 Å². The molecule has 1 aliphatic heterocycles. The largest absolute Gasteiger partial charge is 0.351 e. The number of thiocarbonyl (C=S) groups is 1. The van der Waals surface area contributed by atoms with Crippen LogP contribution in [0.15, 0.2) is 89.5 Å². The molecule has 0 saturated carbocycles. The highest BCUT2D eigenvalue weighted by Gasteiger charge is 2.42. The summed E-state index contributed by atoms with van der Waals surface area (Å²) in [7, 11) is 0. The van der Waals surface area contributed by atoms with Crippen LogP contribution in [0.1, 0.15) is 34.7 Å². The van der Waals surface area contributed by atoms with E-state index in [1.165, 1.54) is 11.3 Å². The number of para-hydroxylation sites is 1. The Kier molecular flexibility index (Phi) is 5.57. The fourth-order valence-corrected chi connectivity index (χ4v) is 5.02. The van der Waals surface area contributed by atoms with Crippen molar-refractivity contribution in [1.29, 1.82) is 0 Å². The quantitative estimate of drug-likeness (QED) is 0.326. The Bertz CT molecular complexity index is 1270. The van der Waals surface area contributed by atoms with Crippen LogP contribution < -0.4 is 10.2 Å². The van der Waals surface area contributed by atoms with Crippen molar-refractivity contribution in [1.82, 2.24) is 14.9 Å². The van der Waals surface area contributed by atoms with E-state index >= 15 is 0 Å². The number of aromatic nitrogens is 2. The van der Waals surface area contributed by atoms with Gasteiger partial charge in [-0.15, -0.1) is 0 Å². The summed E-state index contributed by atoms with van der Waals surface area (Å²) in [4.78, 5) is 6.90. The molecule has 2 aromatic heterocycles. The third-order valence-electron chi connectivity index (χ3n) is 5.94. The molecule has 32 heavy (non-hydrogen) atoms. The molecular weight excluding hydrogens is 480 g/mol. The van der Waals surface area contributed by atoms with E-state index in [-0.39, 0.29) is 12.1 Å². The van der Waals surface area contributed by atoms with Crippen molar-refractivity contribution < 1.29 is 0 Å². The van der Waals surface area contributed by atoms with Gasteiger partial charge in [0.1, 0.15) is 6.04 Å². The number of aryl methyl sites for hydroxylation is 2. The molecule has 0 amide bonds. The number of benzene rings is 2. The van der Waals surface area contributed by atoms with E-state index < -0.39 is 0 Å². The zero-order chi connectivity index (χ0) is 22.2. The summed E-state index contributed by atoms with van der Waals surface area (Å²) in [5.74, 6) is 0. The number of hydrogen-bond donors (Lipinski definition) is 1. The van der Waals surface area contributed by atoms with Gasteiger partial charge < -0.3 is 14.8 Å². The Balaban J connectivity index is 1.71.